The molecule has 0 aliphatic heterocycles. The molecular weight excluding hydrogens is 210 g/mol. The predicted molar refractivity (Wildman–Crippen MR) is 72.9 cm³/mol. The first-order valence-corrected chi connectivity index (χ1v) is 6.29. The maximum atomic E-state index is 11.6. The second-order valence-electron chi connectivity index (χ2n) is 4.74. The van der Waals surface area contributed by atoms with Crippen LogP contribution in [0.3, 0.4) is 0 Å². The summed E-state index contributed by atoms with van der Waals surface area (Å²) in [4.78, 5) is 11.6. The fourth-order valence-electron chi connectivity index (χ4n) is 1.71. The third-order valence-electron chi connectivity index (χ3n) is 2.54. The van der Waals surface area contributed by atoms with Crippen molar-refractivity contribution >= 4 is 11.6 Å². The maximum Gasteiger partial charge on any atom is 0.224 e. The zero-order valence-corrected chi connectivity index (χ0v) is 11.0. The molecule has 1 N–H and O–H groups in total. The average molecular weight is 232 g/mol. The summed E-state index contributed by atoms with van der Waals surface area (Å²) in [6.07, 6.45) is 3.97. The molecule has 0 aromatic heterocycles. The van der Waals surface area contributed by atoms with E-state index in [0.29, 0.717) is 6.42 Å². The topological polar surface area (TPSA) is 29.1 Å². The molecule has 0 fully saturated rings. The Kier molecular flexibility index (Phi) is 5.75. The van der Waals surface area contributed by atoms with Crippen LogP contribution in [0.25, 0.3) is 0 Å². The van der Waals surface area contributed by atoms with Gasteiger partial charge in [-0.05, 0) is 36.5 Å². The minimum atomic E-state index is 0.0673. The number of rotatable bonds is 6. The van der Waals surface area contributed by atoms with Gasteiger partial charge in [0.2, 0.25) is 5.91 Å². The van der Waals surface area contributed by atoms with Gasteiger partial charge in [-0.3, -0.25) is 4.79 Å². The molecule has 1 rings (SSSR count). The number of amides is 1. The van der Waals surface area contributed by atoms with Crippen LogP contribution in [0.4, 0.5) is 5.69 Å². The molecule has 1 amide bonds. The first-order valence-electron chi connectivity index (χ1n) is 6.29. The van der Waals surface area contributed by atoms with Crippen LogP contribution in [-0.4, -0.2) is 5.91 Å². The summed E-state index contributed by atoms with van der Waals surface area (Å²) in [6.45, 7) is 6.12. The molecule has 2 nitrogen and oxygen atoms in total. The van der Waals surface area contributed by atoms with E-state index < -0.39 is 0 Å². The standard InChI is InChI=1S/C15H22NO/c1-4-5-7-13-8-6-9-14(11-13)16-15(17)10-12(2)3/h6,8-9,11H,4-5,7,10H2,1-3H3,(H,16,17). The van der Waals surface area contributed by atoms with Gasteiger partial charge in [-0.1, -0.05) is 39.3 Å². The molecule has 0 heterocycles. The molecule has 93 valence electrons. The van der Waals surface area contributed by atoms with Gasteiger partial charge in [0, 0.05) is 12.1 Å². The van der Waals surface area contributed by atoms with E-state index in [1.807, 2.05) is 26.0 Å². The van der Waals surface area contributed by atoms with Crippen molar-refractivity contribution < 1.29 is 4.79 Å². The molecule has 0 aliphatic rings. The van der Waals surface area contributed by atoms with Crippen molar-refractivity contribution in [3.8, 4) is 0 Å². The summed E-state index contributed by atoms with van der Waals surface area (Å²) in [5.41, 5.74) is 2.20. The SMILES string of the molecule is CCCCc1cccc(NC(=O)C[C](C)C)c1. The van der Waals surface area contributed by atoms with Crippen LogP contribution in [0.2, 0.25) is 0 Å². The van der Waals surface area contributed by atoms with Crippen LogP contribution in [0, 0.1) is 5.92 Å². The number of carbonyl (C=O) groups excluding carboxylic acids is 1. The van der Waals surface area contributed by atoms with E-state index in [9.17, 15) is 4.79 Å². The highest BCUT2D eigenvalue weighted by molar-refractivity contribution is 5.91. The number of unbranched alkanes of at least 4 members (excludes halogenated alkanes) is 1. The Labute approximate surface area is 104 Å². The van der Waals surface area contributed by atoms with Gasteiger partial charge in [-0.15, -0.1) is 0 Å². The molecule has 0 spiro atoms. The molecular formula is C15H22NO. The van der Waals surface area contributed by atoms with E-state index in [1.165, 1.54) is 18.4 Å². The number of benzene rings is 1. The van der Waals surface area contributed by atoms with Crippen molar-refractivity contribution in [2.45, 2.75) is 46.5 Å². The summed E-state index contributed by atoms with van der Waals surface area (Å²) >= 11 is 0. The first-order chi connectivity index (χ1) is 8.11. The van der Waals surface area contributed by atoms with Crippen molar-refractivity contribution in [1.82, 2.24) is 0 Å². The molecule has 0 saturated heterocycles. The number of hydrogen-bond acceptors (Lipinski definition) is 1. The van der Waals surface area contributed by atoms with Crippen molar-refractivity contribution in [1.29, 1.82) is 0 Å². The van der Waals surface area contributed by atoms with Gasteiger partial charge in [0.1, 0.15) is 0 Å². The number of aryl methyl sites for hydroxylation is 1. The van der Waals surface area contributed by atoms with Gasteiger partial charge in [-0.2, -0.15) is 0 Å². The molecule has 1 radical (unpaired) electrons. The fourth-order valence-corrected chi connectivity index (χ4v) is 1.71. The van der Waals surface area contributed by atoms with Crippen LogP contribution in [-0.2, 0) is 11.2 Å². The van der Waals surface area contributed by atoms with E-state index >= 15 is 0 Å². The maximum absolute atomic E-state index is 11.6. The van der Waals surface area contributed by atoms with Crippen molar-refractivity contribution in [3.63, 3.8) is 0 Å². The third kappa shape index (κ3) is 5.53. The zero-order valence-electron chi connectivity index (χ0n) is 11.0. The van der Waals surface area contributed by atoms with Gasteiger partial charge >= 0.3 is 0 Å². The molecule has 0 unspecified atom stereocenters. The molecule has 17 heavy (non-hydrogen) atoms. The fraction of sp³-hybridized carbons (Fsp3) is 0.467. The predicted octanol–water partition coefficient (Wildman–Crippen LogP) is 3.97. The van der Waals surface area contributed by atoms with E-state index in [2.05, 4.69) is 24.4 Å². The van der Waals surface area contributed by atoms with Crippen molar-refractivity contribution in [2.24, 2.45) is 0 Å². The highest BCUT2D eigenvalue weighted by Gasteiger charge is 2.05. The summed E-state index contributed by atoms with van der Waals surface area (Å²) in [5, 5.41) is 2.93. The summed E-state index contributed by atoms with van der Waals surface area (Å²) in [6, 6.07) is 8.13. The van der Waals surface area contributed by atoms with Gasteiger partial charge in [0.15, 0.2) is 0 Å². The van der Waals surface area contributed by atoms with Crippen LogP contribution in [0.5, 0.6) is 0 Å². The Morgan fingerprint density at radius 1 is 1.29 bits per heavy atom. The number of hydrogen-bond donors (Lipinski definition) is 1. The Morgan fingerprint density at radius 2 is 2.06 bits per heavy atom. The number of anilines is 1. The summed E-state index contributed by atoms with van der Waals surface area (Å²) in [5.74, 6) is 1.20. The number of carbonyl (C=O) groups is 1. The molecule has 0 saturated carbocycles. The Bertz CT molecular complexity index is 358. The molecule has 0 atom stereocenters. The third-order valence-corrected chi connectivity index (χ3v) is 2.54. The van der Waals surface area contributed by atoms with Gasteiger partial charge in [-0.25, -0.2) is 0 Å². The lowest BCUT2D eigenvalue weighted by Crippen LogP contribution is -2.13. The highest BCUT2D eigenvalue weighted by Crippen LogP contribution is 2.14. The lowest BCUT2D eigenvalue weighted by Gasteiger charge is -2.08. The van der Waals surface area contributed by atoms with Crippen molar-refractivity contribution in [3.05, 3.63) is 35.7 Å². The minimum Gasteiger partial charge on any atom is -0.326 e. The normalized spacial score (nSPS) is 10.6. The van der Waals surface area contributed by atoms with Gasteiger partial charge in [0.05, 0.1) is 0 Å². The van der Waals surface area contributed by atoms with E-state index in [1.54, 1.807) is 0 Å². The van der Waals surface area contributed by atoms with E-state index in [-0.39, 0.29) is 5.91 Å². The van der Waals surface area contributed by atoms with Crippen LogP contribution in [0.15, 0.2) is 24.3 Å². The lowest BCUT2D eigenvalue weighted by atomic mass is 10.1. The van der Waals surface area contributed by atoms with E-state index in [0.717, 1.165) is 18.0 Å². The van der Waals surface area contributed by atoms with Crippen molar-refractivity contribution in [2.75, 3.05) is 5.32 Å². The Hall–Kier alpha value is -1.31. The van der Waals surface area contributed by atoms with E-state index in [4.69, 9.17) is 0 Å². The Morgan fingerprint density at radius 3 is 2.71 bits per heavy atom. The van der Waals surface area contributed by atoms with Gasteiger partial charge in [0.25, 0.3) is 0 Å². The van der Waals surface area contributed by atoms with Crippen LogP contribution >= 0.6 is 0 Å². The van der Waals surface area contributed by atoms with Crippen LogP contribution < -0.4 is 5.32 Å². The quantitative estimate of drug-likeness (QED) is 0.790. The molecule has 1 aromatic rings. The molecule has 2 heteroatoms. The summed E-state index contributed by atoms with van der Waals surface area (Å²) in [7, 11) is 0. The molecule has 0 aliphatic carbocycles. The molecule has 0 bridgehead atoms. The smallest absolute Gasteiger partial charge is 0.224 e. The summed E-state index contributed by atoms with van der Waals surface area (Å²) < 4.78 is 0. The lowest BCUT2D eigenvalue weighted by molar-refractivity contribution is -0.115. The second-order valence-corrected chi connectivity index (χ2v) is 4.74. The average Bonchev–Trinajstić information content (AvgIpc) is 2.25. The van der Waals surface area contributed by atoms with Crippen LogP contribution in [0.1, 0.15) is 45.6 Å². The second kappa shape index (κ2) is 7.10. The Balaban J connectivity index is 2.56. The highest BCUT2D eigenvalue weighted by atomic mass is 16.1. The number of nitrogens with one attached hydrogen (secondary N) is 1. The monoisotopic (exact) mass is 232 g/mol. The zero-order chi connectivity index (χ0) is 12.7. The largest absolute Gasteiger partial charge is 0.326 e. The van der Waals surface area contributed by atoms with Gasteiger partial charge < -0.3 is 5.32 Å². The molecule has 1 aromatic carbocycles. The first kappa shape index (κ1) is 13.8. The minimum absolute atomic E-state index is 0.0673.